The molecule has 0 spiro atoms. The van der Waals surface area contributed by atoms with Crippen LogP contribution in [0.5, 0.6) is 5.75 Å². The zero-order chi connectivity index (χ0) is 14.0. The maximum absolute atomic E-state index is 13.7. The van der Waals surface area contributed by atoms with Crippen LogP contribution in [0.2, 0.25) is 0 Å². The molecule has 6 heteroatoms. The highest BCUT2D eigenvalue weighted by molar-refractivity contribution is 5.75. The first-order valence-corrected chi connectivity index (χ1v) is 5.62. The second-order valence-electron chi connectivity index (χ2n) is 4.10. The van der Waals surface area contributed by atoms with Crippen LogP contribution in [0.15, 0.2) is 18.2 Å². The topological polar surface area (TPSA) is 75.2 Å². The van der Waals surface area contributed by atoms with Gasteiger partial charge < -0.3 is 9.84 Å². The molecule has 0 atom stereocenters. The van der Waals surface area contributed by atoms with Gasteiger partial charge in [-0.05, 0) is 25.1 Å². The highest BCUT2D eigenvalue weighted by Crippen LogP contribution is 2.28. The fraction of sp³-hybridized carbons (Fsp3) is 0.231. The molecule has 0 fully saturated rings. The molecule has 19 heavy (non-hydrogen) atoms. The van der Waals surface area contributed by atoms with Crippen LogP contribution in [-0.4, -0.2) is 28.4 Å². The SMILES string of the molecule is COc1ccc(-c2n[nH]c(C)c2CC(=O)O)cc1F. The van der Waals surface area contributed by atoms with Crippen molar-refractivity contribution in [3.63, 3.8) is 0 Å². The molecule has 0 amide bonds. The Labute approximate surface area is 109 Å². The first-order valence-electron chi connectivity index (χ1n) is 5.62. The third-order valence-corrected chi connectivity index (χ3v) is 2.83. The number of hydrogen-bond acceptors (Lipinski definition) is 3. The molecule has 0 radical (unpaired) electrons. The first kappa shape index (κ1) is 13.1. The summed E-state index contributed by atoms with van der Waals surface area (Å²) < 4.78 is 18.5. The van der Waals surface area contributed by atoms with Crippen molar-refractivity contribution in [2.24, 2.45) is 0 Å². The molecule has 1 heterocycles. The molecule has 5 nitrogen and oxygen atoms in total. The summed E-state index contributed by atoms with van der Waals surface area (Å²) >= 11 is 0. The Kier molecular flexibility index (Phi) is 3.50. The molecule has 100 valence electrons. The van der Waals surface area contributed by atoms with E-state index >= 15 is 0 Å². The number of methoxy groups -OCH3 is 1. The van der Waals surface area contributed by atoms with Gasteiger partial charge in [0.25, 0.3) is 0 Å². The number of aromatic nitrogens is 2. The van der Waals surface area contributed by atoms with Gasteiger partial charge >= 0.3 is 5.97 Å². The monoisotopic (exact) mass is 264 g/mol. The van der Waals surface area contributed by atoms with Crippen molar-refractivity contribution in [3.05, 3.63) is 35.3 Å². The quantitative estimate of drug-likeness (QED) is 0.887. The molecule has 1 aromatic heterocycles. The van der Waals surface area contributed by atoms with Crippen molar-refractivity contribution in [3.8, 4) is 17.0 Å². The lowest BCUT2D eigenvalue weighted by Gasteiger charge is -2.05. The Hall–Kier alpha value is -2.37. The molecular weight excluding hydrogens is 251 g/mol. The minimum atomic E-state index is -0.959. The van der Waals surface area contributed by atoms with Gasteiger partial charge in [0.15, 0.2) is 11.6 Å². The van der Waals surface area contributed by atoms with Gasteiger partial charge in [-0.1, -0.05) is 0 Å². The molecule has 0 saturated carbocycles. The Morgan fingerprint density at radius 1 is 1.53 bits per heavy atom. The van der Waals surface area contributed by atoms with Gasteiger partial charge in [0.1, 0.15) is 0 Å². The second-order valence-corrected chi connectivity index (χ2v) is 4.10. The van der Waals surface area contributed by atoms with E-state index in [0.29, 0.717) is 22.5 Å². The molecule has 0 aliphatic carbocycles. The fourth-order valence-electron chi connectivity index (χ4n) is 1.87. The Morgan fingerprint density at radius 2 is 2.26 bits per heavy atom. The summed E-state index contributed by atoms with van der Waals surface area (Å²) in [5.74, 6) is -1.34. The van der Waals surface area contributed by atoms with Crippen molar-refractivity contribution in [2.45, 2.75) is 13.3 Å². The van der Waals surface area contributed by atoms with E-state index in [2.05, 4.69) is 10.2 Å². The summed E-state index contributed by atoms with van der Waals surface area (Å²) in [6, 6.07) is 4.40. The standard InChI is InChI=1S/C13H13FN2O3/c1-7-9(6-12(17)18)13(16-15-7)8-3-4-11(19-2)10(14)5-8/h3-5H,6H2,1-2H3,(H,15,16)(H,17,18). The van der Waals surface area contributed by atoms with Crippen molar-refractivity contribution >= 4 is 5.97 Å². The molecule has 0 bridgehead atoms. The van der Waals surface area contributed by atoms with Crippen molar-refractivity contribution < 1.29 is 19.0 Å². The normalized spacial score (nSPS) is 10.5. The van der Waals surface area contributed by atoms with E-state index < -0.39 is 11.8 Å². The maximum atomic E-state index is 13.7. The molecule has 2 aromatic rings. The largest absolute Gasteiger partial charge is 0.494 e. The van der Waals surface area contributed by atoms with Crippen molar-refractivity contribution in [2.75, 3.05) is 7.11 Å². The number of aliphatic carboxylic acids is 1. The minimum Gasteiger partial charge on any atom is -0.494 e. The minimum absolute atomic E-state index is 0.135. The number of rotatable bonds is 4. The zero-order valence-electron chi connectivity index (χ0n) is 10.5. The summed E-state index contributed by atoms with van der Waals surface area (Å²) in [5.41, 5.74) is 2.17. The van der Waals surface area contributed by atoms with Crippen LogP contribution >= 0.6 is 0 Å². The summed E-state index contributed by atoms with van der Waals surface area (Å²) in [4.78, 5) is 10.8. The summed E-state index contributed by atoms with van der Waals surface area (Å²) in [5, 5.41) is 15.6. The number of aryl methyl sites for hydroxylation is 1. The van der Waals surface area contributed by atoms with Gasteiger partial charge in [0, 0.05) is 16.8 Å². The molecule has 2 rings (SSSR count). The molecule has 0 aliphatic rings. The number of H-pyrrole nitrogens is 1. The van der Waals surface area contributed by atoms with Crippen LogP contribution in [0.4, 0.5) is 4.39 Å². The Balaban J connectivity index is 2.47. The van der Waals surface area contributed by atoms with Gasteiger partial charge in [-0.15, -0.1) is 0 Å². The van der Waals surface area contributed by atoms with E-state index in [1.807, 2.05) is 0 Å². The third-order valence-electron chi connectivity index (χ3n) is 2.83. The lowest BCUT2D eigenvalue weighted by molar-refractivity contribution is -0.136. The highest BCUT2D eigenvalue weighted by atomic mass is 19.1. The lowest BCUT2D eigenvalue weighted by Crippen LogP contribution is -2.02. The predicted octanol–water partition coefficient (Wildman–Crippen LogP) is 2.16. The van der Waals surface area contributed by atoms with Gasteiger partial charge in [0.2, 0.25) is 0 Å². The van der Waals surface area contributed by atoms with Crippen LogP contribution in [0, 0.1) is 12.7 Å². The number of halogens is 1. The van der Waals surface area contributed by atoms with Gasteiger partial charge in [-0.3, -0.25) is 9.89 Å². The van der Waals surface area contributed by atoms with E-state index in [1.54, 1.807) is 13.0 Å². The number of nitrogens with one attached hydrogen (secondary N) is 1. The van der Waals surface area contributed by atoms with Gasteiger partial charge in [-0.2, -0.15) is 5.10 Å². The van der Waals surface area contributed by atoms with E-state index in [0.717, 1.165) is 0 Å². The summed E-state index contributed by atoms with van der Waals surface area (Å²) in [6.45, 7) is 1.73. The molecule has 2 N–H and O–H groups in total. The van der Waals surface area contributed by atoms with Crippen molar-refractivity contribution in [1.29, 1.82) is 0 Å². The maximum Gasteiger partial charge on any atom is 0.307 e. The summed E-state index contributed by atoms with van der Waals surface area (Å²) in [6.07, 6.45) is -0.161. The fourth-order valence-corrected chi connectivity index (χ4v) is 1.87. The van der Waals surface area contributed by atoms with E-state index in [9.17, 15) is 9.18 Å². The predicted molar refractivity (Wildman–Crippen MR) is 66.6 cm³/mol. The Bertz CT molecular complexity index is 622. The number of aromatic amines is 1. The molecule has 0 unspecified atom stereocenters. The third kappa shape index (κ3) is 2.57. The van der Waals surface area contributed by atoms with Gasteiger partial charge in [-0.25, -0.2) is 4.39 Å². The number of nitrogens with zero attached hydrogens (tertiary/aromatic N) is 1. The van der Waals surface area contributed by atoms with Crippen LogP contribution < -0.4 is 4.74 Å². The Morgan fingerprint density at radius 3 is 2.84 bits per heavy atom. The number of carboxylic acids is 1. The highest BCUT2D eigenvalue weighted by Gasteiger charge is 2.16. The number of carboxylic acid groups (broad SMARTS) is 1. The van der Waals surface area contributed by atoms with Crippen LogP contribution in [0.1, 0.15) is 11.3 Å². The van der Waals surface area contributed by atoms with Gasteiger partial charge in [0.05, 0.1) is 19.2 Å². The molecule has 1 aromatic carbocycles. The average Bonchev–Trinajstić information content (AvgIpc) is 2.70. The number of carbonyl (C=O) groups is 1. The second kappa shape index (κ2) is 5.09. The lowest BCUT2D eigenvalue weighted by atomic mass is 10.0. The summed E-state index contributed by atoms with van der Waals surface area (Å²) in [7, 11) is 1.38. The van der Waals surface area contributed by atoms with Crippen molar-refractivity contribution in [1.82, 2.24) is 10.2 Å². The molecule has 0 aliphatic heterocycles. The number of hydrogen-bond donors (Lipinski definition) is 2. The average molecular weight is 264 g/mol. The zero-order valence-corrected chi connectivity index (χ0v) is 10.5. The van der Waals surface area contributed by atoms with Crippen LogP contribution in [-0.2, 0) is 11.2 Å². The molecule has 0 saturated heterocycles. The van der Waals surface area contributed by atoms with E-state index in [1.165, 1.54) is 19.2 Å². The number of ether oxygens (including phenoxy) is 1. The smallest absolute Gasteiger partial charge is 0.307 e. The molecular formula is C13H13FN2O3. The number of benzene rings is 1. The first-order chi connectivity index (χ1) is 9.02. The van der Waals surface area contributed by atoms with Crippen LogP contribution in [0.3, 0.4) is 0 Å². The van der Waals surface area contributed by atoms with E-state index in [-0.39, 0.29) is 12.2 Å². The van der Waals surface area contributed by atoms with E-state index in [4.69, 9.17) is 9.84 Å². The van der Waals surface area contributed by atoms with Crippen LogP contribution in [0.25, 0.3) is 11.3 Å².